The van der Waals surface area contributed by atoms with Crippen molar-refractivity contribution in [1.82, 2.24) is 64.0 Å². The number of nitrogens with one attached hydrogen (secondary N) is 2. The first-order chi connectivity index (χ1) is 32.2. The number of nitrogen functional groups attached to an aromatic ring is 1. The predicted molar refractivity (Wildman–Crippen MR) is 262 cm³/mol. The maximum atomic E-state index is 5.94. The molecule has 11 rings (SSSR count). The number of aryl methyl sites for hydroxylation is 3. The number of H-pyrrole nitrogens is 1. The van der Waals surface area contributed by atoms with Gasteiger partial charge < -0.3 is 25.8 Å². The molecule has 1 aliphatic carbocycles. The molecule has 1 atom stereocenters. The molecule has 4 N–H and O–H groups in total. The van der Waals surface area contributed by atoms with E-state index in [0.717, 1.165) is 98.3 Å². The molecule has 0 radical (unpaired) electrons. The summed E-state index contributed by atoms with van der Waals surface area (Å²) in [6.45, 7) is 15.8. The molecule has 3 aliphatic rings. The Balaban J connectivity index is 0.000000143. The van der Waals surface area contributed by atoms with Gasteiger partial charge >= 0.3 is 0 Å². The number of aromatic amines is 1. The highest BCUT2D eigenvalue weighted by Gasteiger charge is 2.23. The summed E-state index contributed by atoms with van der Waals surface area (Å²) >= 11 is 0. The molecule has 0 amide bonds. The van der Waals surface area contributed by atoms with Gasteiger partial charge in [0.25, 0.3) is 0 Å². The van der Waals surface area contributed by atoms with Crippen LogP contribution < -0.4 is 16.0 Å². The van der Waals surface area contributed by atoms with Gasteiger partial charge in [0.15, 0.2) is 11.3 Å². The van der Waals surface area contributed by atoms with E-state index >= 15 is 0 Å². The summed E-state index contributed by atoms with van der Waals surface area (Å²) in [5.41, 5.74) is 16.8. The number of nitrogens with zero attached hydrogens (tertiary/aromatic N) is 13. The topological polar surface area (TPSA) is 185 Å². The molecule has 0 aromatic carbocycles. The Morgan fingerprint density at radius 3 is 2.21 bits per heavy atom. The molecule has 1 unspecified atom stereocenters. The Labute approximate surface area is 386 Å². The highest BCUT2D eigenvalue weighted by molar-refractivity contribution is 5.99. The van der Waals surface area contributed by atoms with Crippen molar-refractivity contribution >= 4 is 45.5 Å². The lowest BCUT2D eigenvalue weighted by molar-refractivity contribution is 0.131. The fraction of sp³-hybridized carbons (Fsp3) is 0.420. The van der Waals surface area contributed by atoms with Crippen molar-refractivity contribution < 1.29 is 0 Å². The fourth-order valence-electron chi connectivity index (χ4n) is 9.47. The van der Waals surface area contributed by atoms with Crippen molar-refractivity contribution in [2.75, 3.05) is 42.1 Å². The zero-order chi connectivity index (χ0) is 45.6. The summed E-state index contributed by atoms with van der Waals surface area (Å²) in [5, 5.41) is 13.5. The van der Waals surface area contributed by atoms with Gasteiger partial charge in [0.1, 0.15) is 23.6 Å². The number of fused-ring (bicyclic) bond motifs is 3. The van der Waals surface area contributed by atoms with Gasteiger partial charge in [-0.25, -0.2) is 43.9 Å². The summed E-state index contributed by atoms with van der Waals surface area (Å²) in [6.07, 6.45) is 25.8. The summed E-state index contributed by atoms with van der Waals surface area (Å²) in [7, 11) is 0. The van der Waals surface area contributed by atoms with Crippen molar-refractivity contribution in [3.05, 3.63) is 114 Å². The van der Waals surface area contributed by atoms with Gasteiger partial charge in [-0.15, -0.1) is 0 Å². The molecule has 1 saturated carbocycles. The molecular weight excluding hydrogens is 825 g/mol. The van der Waals surface area contributed by atoms with Crippen LogP contribution in [0.3, 0.4) is 0 Å². The van der Waals surface area contributed by atoms with Crippen molar-refractivity contribution in [3.63, 3.8) is 0 Å². The number of allylic oxidation sites excluding steroid dienone is 1. The molecule has 3 fully saturated rings. The van der Waals surface area contributed by atoms with Gasteiger partial charge in [-0.2, -0.15) is 10.2 Å². The predicted octanol–water partition coefficient (Wildman–Crippen LogP) is 8.80. The van der Waals surface area contributed by atoms with E-state index in [2.05, 4.69) is 74.2 Å². The SMILES string of the molecule is C/C=C(/c1ccc2ncc(C)n2n1)c1cnc(NCc2ccc(N3CCC(C)C3)nc2)nc1C.C1CCC(N2CCCCC2)CC1.Cc1cnc2ccc(-c3c[nH]c4ncnc(N)c34)nn12. The van der Waals surface area contributed by atoms with Gasteiger partial charge in [-0.05, 0) is 115 Å². The second kappa shape index (κ2) is 20.1. The molecule has 2 saturated heterocycles. The molecule has 16 heteroatoms. The maximum Gasteiger partial charge on any atom is 0.223 e. The van der Waals surface area contributed by atoms with E-state index in [1.54, 1.807) is 10.7 Å². The molecule has 0 spiro atoms. The molecular formula is C50H62N16. The standard InChI is InChI=1S/C26H30N8.C13H11N7.C11H21N/c1-5-21(23-7-9-25-27-12-18(3)34(25)32-23)22-15-30-26(31-19(22)4)29-14-20-6-8-24(28-13-20)33-11-10-17(2)16-33;1-7-4-15-10-3-2-9(19-20(7)10)8-5-16-13-11(8)12(14)17-6-18-13;1-3-7-11(8-4-1)12-9-5-2-6-10-12/h5-9,12-13,15,17H,10-11,14,16H2,1-4H3,(H,29,30,31);2-6H,1H3,(H3,14,16,17,18);11H,1-10H2/b21-5+;;. The zero-order valence-electron chi connectivity index (χ0n) is 39.0. The minimum Gasteiger partial charge on any atom is -0.383 e. The van der Waals surface area contributed by atoms with E-state index in [0.29, 0.717) is 24.0 Å². The summed E-state index contributed by atoms with van der Waals surface area (Å²) in [5.74, 6) is 2.84. The first-order valence-corrected chi connectivity index (χ1v) is 23.6. The van der Waals surface area contributed by atoms with E-state index in [1.165, 1.54) is 77.2 Å². The van der Waals surface area contributed by atoms with Crippen LogP contribution in [0.4, 0.5) is 17.6 Å². The van der Waals surface area contributed by atoms with E-state index in [1.807, 2.05) is 87.3 Å². The lowest BCUT2D eigenvalue weighted by Gasteiger charge is -2.36. The van der Waals surface area contributed by atoms with Crippen LogP contribution in [0.15, 0.2) is 79.8 Å². The third-order valence-corrected chi connectivity index (χ3v) is 13.2. The fourth-order valence-corrected chi connectivity index (χ4v) is 9.47. The number of anilines is 3. The highest BCUT2D eigenvalue weighted by Crippen LogP contribution is 2.30. The van der Waals surface area contributed by atoms with E-state index < -0.39 is 0 Å². The quantitative estimate of drug-likeness (QED) is 0.132. The molecule has 66 heavy (non-hydrogen) atoms. The van der Waals surface area contributed by atoms with Crippen LogP contribution >= 0.6 is 0 Å². The number of pyridine rings is 1. The lowest BCUT2D eigenvalue weighted by atomic mass is 9.93. The Hall–Kier alpha value is -6.81. The van der Waals surface area contributed by atoms with Gasteiger partial charge in [-0.3, -0.25) is 0 Å². The maximum absolute atomic E-state index is 5.94. The summed E-state index contributed by atoms with van der Waals surface area (Å²) < 4.78 is 3.66. The average molecular weight is 887 g/mol. The third kappa shape index (κ3) is 9.88. The number of rotatable bonds is 8. The van der Waals surface area contributed by atoms with Crippen LogP contribution in [0.1, 0.15) is 106 Å². The zero-order valence-corrected chi connectivity index (χ0v) is 39.0. The van der Waals surface area contributed by atoms with Gasteiger partial charge in [0, 0.05) is 61.0 Å². The second-order valence-corrected chi connectivity index (χ2v) is 18.0. The number of hydrogen-bond donors (Lipinski definition) is 3. The van der Waals surface area contributed by atoms with E-state index in [4.69, 9.17) is 15.8 Å². The second-order valence-electron chi connectivity index (χ2n) is 18.0. The Bertz CT molecular complexity index is 2900. The minimum atomic E-state index is 0.440. The average Bonchev–Trinajstić information content (AvgIpc) is 4.17. The van der Waals surface area contributed by atoms with Crippen LogP contribution in [0.25, 0.3) is 39.2 Å². The molecule has 0 bridgehead atoms. The molecule has 2 aliphatic heterocycles. The summed E-state index contributed by atoms with van der Waals surface area (Å²) in [4.78, 5) is 38.9. The number of hydrogen-bond acceptors (Lipinski definition) is 13. The van der Waals surface area contributed by atoms with Gasteiger partial charge in [0.05, 0.1) is 46.2 Å². The Morgan fingerprint density at radius 2 is 1.52 bits per heavy atom. The first-order valence-electron chi connectivity index (χ1n) is 23.6. The molecule has 10 heterocycles. The largest absolute Gasteiger partial charge is 0.383 e. The van der Waals surface area contributed by atoms with Crippen LogP contribution in [-0.4, -0.2) is 96.2 Å². The Morgan fingerprint density at radius 1 is 0.773 bits per heavy atom. The number of nitrogens with two attached hydrogens (primary N) is 1. The molecule has 342 valence electrons. The number of piperidine rings is 1. The van der Waals surface area contributed by atoms with Crippen LogP contribution in [0.2, 0.25) is 0 Å². The lowest BCUT2D eigenvalue weighted by Crippen LogP contribution is -2.40. The molecule has 8 aromatic heterocycles. The van der Waals surface area contributed by atoms with Crippen LogP contribution in [0, 0.1) is 26.7 Å². The van der Waals surface area contributed by atoms with E-state index in [9.17, 15) is 0 Å². The normalized spacial score (nSPS) is 17.2. The van der Waals surface area contributed by atoms with Crippen molar-refractivity contribution in [1.29, 1.82) is 0 Å². The van der Waals surface area contributed by atoms with E-state index in [-0.39, 0.29) is 0 Å². The van der Waals surface area contributed by atoms with Crippen LogP contribution in [0.5, 0.6) is 0 Å². The smallest absolute Gasteiger partial charge is 0.223 e. The molecule has 8 aromatic rings. The van der Waals surface area contributed by atoms with Crippen LogP contribution in [-0.2, 0) is 6.54 Å². The van der Waals surface area contributed by atoms with Gasteiger partial charge in [-0.1, -0.05) is 44.7 Å². The van der Waals surface area contributed by atoms with Crippen molar-refractivity contribution in [2.45, 2.75) is 105 Å². The monoisotopic (exact) mass is 887 g/mol. The van der Waals surface area contributed by atoms with Crippen molar-refractivity contribution in [2.24, 2.45) is 5.92 Å². The number of likely N-dealkylation sites (tertiary alicyclic amines) is 1. The highest BCUT2D eigenvalue weighted by atomic mass is 15.3. The number of imidazole rings is 2. The first kappa shape index (κ1) is 44.4. The van der Waals surface area contributed by atoms with Gasteiger partial charge in [0.2, 0.25) is 5.95 Å². The van der Waals surface area contributed by atoms with Crippen molar-refractivity contribution in [3.8, 4) is 11.3 Å². The summed E-state index contributed by atoms with van der Waals surface area (Å²) in [6, 6.07) is 13.0. The third-order valence-electron chi connectivity index (χ3n) is 13.2. The minimum absolute atomic E-state index is 0.440. The Kier molecular flexibility index (Phi) is 13.6. The molecule has 16 nitrogen and oxygen atoms in total. The number of aromatic nitrogens is 12.